The van der Waals surface area contributed by atoms with Crippen molar-refractivity contribution in [1.82, 2.24) is 9.80 Å². The number of nitrogens with two attached hydrogens (primary N) is 1. The van der Waals surface area contributed by atoms with Gasteiger partial charge in [0.2, 0.25) is 5.91 Å². The molecule has 1 aromatic carbocycles. The minimum absolute atomic E-state index is 0.0327. The molecule has 1 amide bonds. The smallest absolute Gasteiger partial charge is 0.251 e. The van der Waals surface area contributed by atoms with Crippen LogP contribution in [0.15, 0.2) is 30.3 Å². The summed E-state index contributed by atoms with van der Waals surface area (Å²) in [6.07, 6.45) is -1.61. The predicted molar refractivity (Wildman–Crippen MR) is 81.6 cm³/mol. The molecule has 1 heterocycles. The van der Waals surface area contributed by atoms with E-state index in [0.717, 1.165) is 12.0 Å². The number of hydrogen-bond acceptors (Lipinski definition) is 3. The molecule has 0 saturated carbocycles. The van der Waals surface area contributed by atoms with Crippen molar-refractivity contribution in [1.29, 1.82) is 0 Å². The van der Waals surface area contributed by atoms with Crippen LogP contribution in [0.3, 0.4) is 0 Å². The third-order valence-corrected chi connectivity index (χ3v) is 4.18. The van der Waals surface area contributed by atoms with Gasteiger partial charge in [0, 0.05) is 25.7 Å². The molecule has 4 nitrogen and oxygen atoms in total. The molecule has 0 spiro atoms. The molecule has 1 aromatic rings. The summed E-state index contributed by atoms with van der Waals surface area (Å²) in [6.45, 7) is 3.10. The maximum atomic E-state index is 12.6. The van der Waals surface area contributed by atoms with E-state index in [1.54, 1.807) is 9.80 Å². The van der Waals surface area contributed by atoms with E-state index in [0.29, 0.717) is 19.6 Å². The van der Waals surface area contributed by atoms with Crippen LogP contribution >= 0.6 is 0 Å². The van der Waals surface area contributed by atoms with Crippen molar-refractivity contribution >= 4 is 5.91 Å². The van der Waals surface area contributed by atoms with Gasteiger partial charge in [0.25, 0.3) is 6.43 Å². The highest BCUT2D eigenvalue weighted by Gasteiger charge is 2.32. The van der Waals surface area contributed by atoms with Gasteiger partial charge in [-0.05, 0) is 12.0 Å². The number of carbonyl (C=O) groups excluding carboxylic acids is 1. The first-order chi connectivity index (χ1) is 10.5. The lowest BCUT2D eigenvalue weighted by molar-refractivity contribution is -0.136. The van der Waals surface area contributed by atoms with E-state index in [4.69, 9.17) is 5.73 Å². The van der Waals surface area contributed by atoms with E-state index < -0.39 is 12.5 Å². The summed E-state index contributed by atoms with van der Waals surface area (Å²) >= 11 is 0. The third-order valence-electron chi connectivity index (χ3n) is 4.18. The molecule has 0 aromatic heterocycles. The first kappa shape index (κ1) is 16.8. The molecule has 0 bridgehead atoms. The number of hydrogen-bond donors (Lipinski definition) is 1. The highest BCUT2D eigenvalue weighted by molar-refractivity contribution is 5.83. The Kier molecular flexibility index (Phi) is 5.85. The van der Waals surface area contributed by atoms with Gasteiger partial charge in [-0.3, -0.25) is 9.69 Å². The monoisotopic (exact) mass is 311 g/mol. The van der Waals surface area contributed by atoms with Gasteiger partial charge in [-0.15, -0.1) is 0 Å². The van der Waals surface area contributed by atoms with Gasteiger partial charge in [0.15, 0.2) is 0 Å². The number of alkyl halides is 2. The molecule has 22 heavy (non-hydrogen) atoms. The molecule has 2 N–H and O–H groups in total. The average Bonchev–Trinajstić information content (AvgIpc) is 2.54. The van der Waals surface area contributed by atoms with Gasteiger partial charge in [0.05, 0.1) is 6.54 Å². The second-order valence-electron chi connectivity index (χ2n) is 5.62. The zero-order valence-electron chi connectivity index (χ0n) is 12.8. The number of amides is 1. The number of carbonyl (C=O) groups is 1. The van der Waals surface area contributed by atoms with Crippen LogP contribution in [0.4, 0.5) is 8.78 Å². The first-order valence-electron chi connectivity index (χ1n) is 7.64. The summed E-state index contributed by atoms with van der Waals surface area (Å²) in [7, 11) is 0. The van der Waals surface area contributed by atoms with E-state index in [1.165, 1.54) is 0 Å². The summed E-state index contributed by atoms with van der Waals surface area (Å²) in [5, 5.41) is 0. The van der Waals surface area contributed by atoms with Crippen LogP contribution in [0.25, 0.3) is 0 Å². The van der Waals surface area contributed by atoms with Gasteiger partial charge in [-0.1, -0.05) is 37.3 Å². The zero-order chi connectivity index (χ0) is 16.1. The van der Waals surface area contributed by atoms with Crippen molar-refractivity contribution in [2.45, 2.75) is 31.9 Å². The summed E-state index contributed by atoms with van der Waals surface area (Å²) in [5.74, 6) is -0.138. The van der Waals surface area contributed by atoms with Crippen LogP contribution in [0.2, 0.25) is 0 Å². The molecule has 2 unspecified atom stereocenters. The molecule has 0 radical (unpaired) electrons. The van der Waals surface area contributed by atoms with Crippen molar-refractivity contribution in [2.75, 3.05) is 26.2 Å². The highest BCUT2D eigenvalue weighted by Crippen LogP contribution is 2.19. The van der Waals surface area contributed by atoms with Gasteiger partial charge >= 0.3 is 0 Å². The lowest BCUT2D eigenvalue weighted by atomic mass is 10.0. The maximum absolute atomic E-state index is 12.6. The first-order valence-corrected chi connectivity index (χ1v) is 7.64. The molecular formula is C16H23F2N3O. The molecule has 1 saturated heterocycles. The SMILES string of the molecule is CCC1CN(C(=O)C(N)c2ccccc2)CCN1CC(F)F. The van der Waals surface area contributed by atoms with Crippen molar-refractivity contribution < 1.29 is 13.6 Å². The molecule has 1 aliphatic rings. The Balaban J connectivity index is 2.00. The largest absolute Gasteiger partial charge is 0.338 e. The van der Waals surface area contributed by atoms with Crippen LogP contribution < -0.4 is 5.73 Å². The summed E-state index contributed by atoms with van der Waals surface area (Å²) in [6, 6.07) is 8.49. The Morgan fingerprint density at radius 3 is 2.59 bits per heavy atom. The molecule has 0 aliphatic carbocycles. The number of halogens is 2. The molecule has 2 rings (SSSR count). The average molecular weight is 311 g/mol. The van der Waals surface area contributed by atoms with Gasteiger partial charge in [-0.2, -0.15) is 0 Å². The van der Waals surface area contributed by atoms with Gasteiger partial charge < -0.3 is 10.6 Å². The maximum Gasteiger partial charge on any atom is 0.251 e. The van der Waals surface area contributed by atoms with Crippen LogP contribution in [-0.4, -0.2) is 54.4 Å². The molecule has 1 aliphatic heterocycles. The third kappa shape index (κ3) is 4.01. The van der Waals surface area contributed by atoms with Gasteiger partial charge in [-0.25, -0.2) is 8.78 Å². The summed E-state index contributed by atoms with van der Waals surface area (Å²) < 4.78 is 25.2. The summed E-state index contributed by atoms with van der Waals surface area (Å²) in [4.78, 5) is 16.0. The van der Waals surface area contributed by atoms with Crippen molar-refractivity contribution in [3.8, 4) is 0 Å². The van der Waals surface area contributed by atoms with Crippen LogP contribution in [0, 0.1) is 0 Å². The molecule has 1 fully saturated rings. The normalized spacial score (nSPS) is 21.1. The van der Waals surface area contributed by atoms with Crippen molar-refractivity contribution in [3.05, 3.63) is 35.9 Å². The minimum atomic E-state index is -2.34. The lowest BCUT2D eigenvalue weighted by Gasteiger charge is -2.41. The molecular weight excluding hydrogens is 288 g/mol. The van der Waals surface area contributed by atoms with E-state index >= 15 is 0 Å². The van der Waals surface area contributed by atoms with E-state index in [-0.39, 0.29) is 18.5 Å². The zero-order valence-corrected chi connectivity index (χ0v) is 12.8. The second kappa shape index (κ2) is 7.65. The second-order valence-corrected chi connectivity index (χ2v) is 5.62. The number of piperazine rings is 1. The molecule has 2 atom stereocenters. The quantitative estimate of drug-likeness (QED) is 0.903. The number of benzene rings is 1. The predicted octanol–water partition coefficient (Wildman–Crippen LogP) is 1.87. The lowest BCUT2D eigenvalue weighted by Crippen LogP contribution is -2.56. The van der Waals surface area contributed by atoms with Crippen LogP contribution in [-0.2, 0) is 4.79 Å². The van der Waals surface area contributed by atoms with Crippen molar-refractivity contribution in [2.24, 2.45) is 5.73 Å². The van der Waals surface area contributed by atoms with E-state index in [9.17, 15) is 13.6 Å². The Labute approximate surface area is 129 Å². The van der Waals surface area contributed by atoms with E-state index in [1.807, 2.05) is 37.3 Å². The topological polar surface area (TPSA) is 49.6 Å². The minimum Gasteiger partial charge on any atom is -0.338 e. The van der Waals surface area contributed by atoms with Crippen LogP contribution in [0.1, 0.15) is 24.9 Å². The van der Waals surface area contributed by atoms with Crippen LogP contribution in [0.5, 0.6) is 0 Å². The Hall–Kier alpha value is -1.53. The summed E-state index contributed by atoms with van der Waals surface area (Å²) in [5.41, 5.74) is 6.82. The Bertz CT molecular complexity index is 484. The Morgan fingerprint density at radius 2 is 2.00 bits per heavy atom. The highest BCUT2D eigenvalue weighted by atomic mass is 19.3. The molecule has 122 valence electrons. The fourth-order valence-electron chi connectivity index (χ4n) is 2.90. The standard InChI is InChI=1S/C16H23F2N3O/c1-2-13-10-21(9-8-20(13)11-14(17)18)16(22)15(19)12-6-4-3-5-7-12/h3-7,13-15H,2,8-11,19H2,1H3. The number of rotatable bonds is 5. The van der Waals surface area contributed by atoms with Crippen molar-refractivity contribution in [3.63, 3.8) is 0 Å². The fourth-order valence-corrected chi connectivity index (χ4v) is 2.90. The molecule has 6 heteroatoms. The van der Waals surface area contributed by atoms with E-state index in [2.05, 4.69) is 0 Å². The van der Waals surface area contributed by atoms with Gasteiger partial charge in [0.1, 0.15) is 6.04 Å². The number of nitrogens with zero attached hydrogens (tertiary/aromatic N) is 2. The Morgan fingerprint density at radius 1 is 1.32 bits per heavy atom. The fraction of sp³-hybridized carbons (Fsp3) is 0.562.